The third-order valence-electron chi connectivity index (χ3n) is 3.11. The zero-order valence-corrected chi connectivity index (χ0v) is 10.4. The smallest absolute Gasteiger partial charge is 0.319 e. The minimum absolute atomic E-state index is 0.208. The minimum Gasteiger partial charge on any atom is -0.481 e. The maximum Gasteiger partial charge on any atom is 0.319 e. The van der Waals surface area contributed by atoms with Crippen LogP contribution in [0.15, 0.2) is 6.07 Å². The molecule has 0 saturated heterocycles. The molecular formula is C12H19N3O2. The Morgan fingerprint density at radius 2 is 2.06 bits per heavy atom. The van der Waals surface area contributed by atoms with E-state index in [4.69, 9.17) is 15.2 Å². The van der Waals surface area contributed by atoms with E-state index in [-0.39, 0.29) is 5.54 Å². The van der Waals surface area contributed by atoms with Crippen LogP contribution in [0.4, 0.5) is 0 Å². The molecule has 1 aliphatic carbocycles. The Hall–Kier alpha value is -1.36. The highest BCUT2D eigenvalue weighted by Crippen LogP contribution is 2.27. The number of aryl methyl sites for hydroxylation is 1. The Bertz CT molecular complexity index is 389. The van der Waals surface area contributed by atoms with Gasteiger partial charge in [0.05, 0.1) is 12.6 Å². The summed E-state index contributed by atoms with van der Waals surface area (Å²) in [5.41, 5.74) is 6.82. The lowest BCUT2D eigenvalue weighted by Crippen LogP contribution is -2.42. The molecule has 1 aromatic heterocycles. The van der Waals surface area contributed by atoms with E-state index in [1.807, 2.05) is 6.92 Å². The number of methoxy groups -OCH3 is 1. The highest BCUT2D eigenvalue weighted by atomic mass is 16.5. The Balaban J connectivity index is 2.00. The summed E-state index contributed by atoms with van der Waals surface area (Å²) in [6.45, 7) is 2.35. The first-order chi connectivity index (χ1) is 8.11. The number of ether oxygens (including phenoxy) is 2. The van der Waals surface area contributed by atoms with Gasteiger partial charge in [0.25, 0.3) is 0 Å². The van der Waals surface area contributed by atoms with Gasteiger partial charge in [0.2, 0.25) is 5.88 Å². The van der Waals surface area contributed by atoms with Crippen LogP contribution in [0.1, 0.15) is 31.4 Å². The van der Waals surface area contributed by atoms with Crippen molar-refractivity contribution in [1.82, 2.24) is 9.97 Å². The third-order valence-corrected chi connectivity index (χ3v) is 3.11. The summed E-state index contributed by atoms with van der Waals surface area (Å²) in [7, 11) is 1.58. The first kappa shape index (κ1) is 12.1. The van der Waals surface area contributed by atoms with Gasteiger partial charge in [-0.3, -0.25) is 0 Å². The Kier molecular flexibility index (Phi) is 3.47. The van der Waals surface area contributed by atoms with Crippen LogP contribution in [0.2, 0.25) is 0 Å². The minimum atomic E-state index is -0.208. The summed E-state index contributed by atoms with van der Waals surface area (Å²) in [6, 6.07) is 2.11. The molecule has 0 bridgehead atoms. The number of hydrogen-bond donors (Lipinski definition) is 1. The molecule has 0 spiro atoms. The molecule has 0 amide bonds. The van der Waals surface area contributed by atoms with Crippen molar-refractivity contribution < 1.29 is 9.47 Å². The molecule has 5 nitrogen and oxygen atoms in total. The van der Waals surface area contributed by atoms with Crippen LogP contribution < -0.4 is 15.2 Å². The summed E-state index contributed by atoms with van der Waals surface area (Å²) in [6.07, 6.45) is 4.38. The van der Waals surface area contributed by atoms with Gasteiger partial charge in [-0.15, -0.1) is 0 Å². The van der Waals surface area contributed by atoms with E-state index >= 15 is 0 Å². The largest absolute Gasteiger partial charge is 0.481 e. The van der Waals surface area contributed by atoms with Crippen LogP contribution in [0, 0.1) is 6.92 Å². The molecule has 1 fully saturated rings. The summed E-state index contributed by atoms with van der Waals surface area (Å²) in [4.78, 5) is 8.34. The highest BCUT2D eigenvalue weighted by Gasteiger charge is 2.30. The Morgan fingerprint density at radius 1 is 1.35 bits per heavy atom. The second-order valence-corrected chi connectivity index (χ2v) is 4.69. The van der Waals surface area contributed by atoms with Crippen molar-refractivity contribution in [2.75, 3.05) is 13.7 Å². The summed E-state index contributed by atoms with van der Waals surface area (Å²) in [5.74, 6) is 0.519. The van der Waals surface area contributed by atoms with Crippen molar-refractivity contribution in [3.63, 3.8) is 0 Å². The molecule has 2 N–H and O–H groups in total. The van der Waals surface area contributed by atoms with Crippen molar-refractivity contribution in [1.29, 1.82) is 0 Å². The van der Waals surface area contributed by atoms with Crippen LogP contribution in [-0.2, 0) is 0 Å². The highest BCUT2D eigenvalue weighted by molar-refractivity contribution is 5.17. The number of nitrogens with two attached hydrogens (primary N) is 1. The van der Waals surface area contributed by atoms with E-state index in [9.17, 15) is 0 Å². The molecular weight excluding hydrogens is 218 g/mol. The predicted octanol–water partition coefficient (Wildman–Crippen LogP) is 1.44. The number of hydrogen-bond acceptors (Lipinski definition) is 5. The van der Waals surface area contributed by atoms with Gasteiger partial charge in [0.1, 0.15) is 6.61 Å². The standard InChI is InChI=1S/C12H19N3O2/c1-9-7-10(16-2)15-11(14-9)17-8-12(13)5-3-4-6-12/h7H,3-6,8,13H2,1-2H3. The molecule has 0 unspecified atom stereocenters. The second-order valence-electron chi connectivity index (χ2n) is 4.69. The van der Waals surface area contributed by atoms with E-state index in [1.165, 1.54) is 12.8 Å². The van der Waals surface area contributed by atoms with Crippen LogP contribution >= 0.6 is 0 Å². The zero-order valence-electron chi connectivity index (χ0n) is 10.4. The average molecular weight is 237 g/mol. The lowest BCUT2D eigenvalue weighted by Gasteiger charge is -2.22. The quantitative estimate of drug-likeness (QED) is 0.858. The fourth-order valence-corrected chi connectivity index (χ4v) is 2.11. The van der Waals surface area contributed by atoms with Gasteiger partial charge < -0.3 is 15.2 Å². The van der Waals surface area contributed by atoms with Crippen LogP contribution in [0.25, 0.3) is 0 Å². The van der Waals surface area contributed by atoms with E-state index in [2.05, 4.69) is 9.97 Å². The van der Waals surface area contributed by atoms with Gasteiger partial charge in [-0.2, -0.15) is 4.98 Å². The van der Waals surface area contributed by atoms with Crippen LogP contribution in [0.3, 0.4) is 0 Å². The van der Waals surface area contributed by atoms with Crippen molar-refractivity contribution in [3.05, 3.63) is 11.8 Å². The van der Waals surface area contributed by atoms with Gasteiger partial charge >= 0.3 is 6.01 Å². The molecule has 0 aromatic carbocycles. The van der Waals surface area contributed by atoms with E-state index in [1.54, 1.807) is 13.2 Å². The van der Waals surface area contributed by atoms with E-state index in [0.717, 1.165) is 18.5 Å². The van der Waals surface area contributed by atoms with Gasteiger partial charge in [-0.1, -0.05) is 12.8 Å². The SMILES string of the molecule is COc1cc(C)nc(OCC2(N)CCCC2)n1. The van der Waals surface area contributed by atoms with Gasteiger partial charge in [-0.25, -0.2) is 4.98 Å². The molecule has 17 heavy (non-hydrogen) atoms. The third kappa shape index (κ3) is 3.06. The van der Waals surface area contributed by atoms with Gasteiger partial charge in [0.15, 0.2) is 0 Å². The first-order valence-corrected chi connectivity index (χ1v) is 5.93. The second kappa shape index (κ2) is 4.87. The predicted molar refractivity (Wildman–Crippen MR) is 64.2 cm³/mol. The molecule has 5 heteroatoms. The van der Waals surface area contributed by atoms with Gasteiger partial charge in [-0.05, 0) is 19.8 Å². The topological polar surface area (TPSA) is 70.3 Å². The first-order valence-electron chi connectivity index (χ1n) is 5.93. The molecule has 0 aliphatic heterocycles. The zero-order chi connectivity index (χ0) is 12.3. The number of nitrogens with zero attached hydrogens (tertiary/aromatic N) is 2. The lowest BCUT2D eigenvalue weighted by molar-refractivity contribution is 0.203. The number of rotatable bonds is 4. The van der Waals surface area contributed by atoms with E-state index in [0.29, 0.717) is 18.5 Å². The molecule has 1 saturated carbocycles. The average Bonchev–Trinajstić information content (AvgIpc) is 2.73. The maximum absolute atomic E-state index is 6.20. The Morgan fingerprint density at radius 3 is 2.71 bits per heavy atom. The fourth-order valence-electron chi connectivity index (χ4n) is 2.11. The maximum atomic E-state index is 6.20. The molecule has 1 heterocycles. The molecule has 0 atom stereocenters. The fraction of sp³-hybridized carbons (Fsp3) is 0.667. The van der Waals surface area contributed by atoms with Crippen molar-refractivity contribution >= 4 is 0 Å². The molecule has 94 valence electrons. The van der Waals surface area contributed by atoms with Crippen molar-refractivity contribution in [2.24, 2.45) is 5.73 Å². The summed E-state index contributed by atoms with van der Waals surface area (Å²) >= 11 is 0. The summed E-state index contributed by atoms with van der Waals surface area (Å²) in [5, 5.41) is 0. The lowest BCUT2D eigenvalue weighted by atomic mass is 10.0. The van der Waals surface area contributed by atoms with Crippen LogP contribution in [0.5, 0.6) is 11.9 Å². The monoisotopic (exact) mass is 237 g/mol. The normalized spacial score (nSPS) is 18.1. The van der Waals surface area contributed by atoms with Crippen LogP contribution in [-0.4, -0.2) is 29.2 Å². The molecule has 1 aliphatic rings. The van der Waals surface area contributed by atoms with Crippen molar-refractivity contribution in [2.45, 2.75) is 38.1 Å². The molecule has 1 aromatic rings. The molecule has 2 rings (SSSR count). The van der Waals surface area contributed by atoms with Gasteiger partial charge in [0, 0.05) is 11.8 Å². The van der Waals surface area contributed by atoms with Crippen molar-refractivity contribution in [3.8, 4) is 11.9 Å². The summed E-state index contributed by atoms with van der Waals surface area (Å²) < 4.78 is 10.7. The molecule has 0 radical (unpaired) electrons. The van der Waals surface area contributed by atoms with E-state index < -0.39 is 0 Å². The number of aromatic nitrogens is 2. The Labute approximate surface area is 101 Å².